The van der Waals surface area contributed by atoms with Crippen LogP contribution in [0.4, 0.5) is 0 Å². The predicted molar refractivity (Wildman–Crippen MR) is 75.3 cm³/mol. The van der Waals surface area contributed by atoms with E-state index in [4.69, 9.17) is 4.74 Å². The SMILES string of the molecule is COc1ccc(C(O)C2(c3ccccc3)CC2)cc1. The molecule has 1 fully saturated rings. The number of aliphatic hydroxyl groups is 1. The highest BCUT2D eigenvalue weighted by molar-refractivity contribution is 5.38. The Kier molecular flexibility index (Phi) is 3.03. The minimum atomic E-state index is -0.444. The number of ether oxygens (including phenoxy) is 1. The van der Waals surface area contributed by atoms with Crippen molar-refractivity contribution in [2.45, 2.75) is 24.4 Å². The Morgan fingerprint density at radius 1 is 1.00 bits per heavy atom. The average molecular weight is 254 g/mol. The first-order valence-corrected chi connectivity index (χ1v) is 6.64. The Morgan fingerprint density at radius 2 is 1.63 bits per heavy atom. The molecule has 1 saturated carbocycles. The van der Waals surface area contributed by atoms with Crippen LogP contribution in [0.1, 0.15) is 30.1 Å². The van der Waals surface area contributed by atoms with Gasteiger partial charge in [0.05, 0.1) is 13.2 Å². The molecule has 0 aromatic heterocycles. The van der Waals surface area contributed by atoms with Crippen molar-refractivity contribution in [3.8, 4) is 5.75 Å². The van der Waals surface area contributed by atoms with Gasteiger partial charge in [0.1, 0.15) is 5.75 Å². The van der Waals surface area contributed by atoms with E-state index in [1.165, 1.54) is 5.56 Å². The first-order chi connectivity index (χ1) is 9.26. The second-order valence-electron chi connectivity index (χ2n) is 5.20. The van der Waals surface area contributed by atoms with Crippen molar-refractivity contribution in [1.29, 1.82) is 0 Å². The molecule has 0 spiro atoms. The molecule has 0 saturated heterocycles. The highest BCUT2D eigenvalue weighted by Gasteiger charge is 2.50. The summed E-state index contributed by atoms with van der Waals surface area (Å²) in [6.45, 7) is 0. The van der Waals surface area contributed by atoms with Gasteiger partial charge in [-0.2, -0.15) is 0 Å². The molecule has 0 heterocycles. The summed E-state index contributed by atoms with van der Waals surface area (Å²) in [6.07, 6.45) is 1.65. The number of aliphatic hydroxyl groups excluding tert-OH is 1. The Hall–Kier alpha value is -1.80. The maximum absolute atomic E-state index is 10.7. The summed E-state index contributed by atoms with van der Waals surface area (Å²) < 4.78 is 5.15. The minimum Gasteiger partial charge on any atom is -0.497 e. The van der Waals surface area contributed by atoms with E-state index in [9.17, 15) is 5.11 Å². The van der Waals surface area contributed by atoms with Gasteiger partial charge in [-0.3, -0.25) is 0 Å². The maximum atomic E-state index is 10.7. The predicted octanol–water partition coefficient (Wildman–Crippen LogP) is 3.46. The molecule has 1 aliphatic carbocycles. The van der Waals surface area contributed by atoms with Crippen molar-refractivity contribution in [3.63, 3.8) is 0 Å². The molecule has 98 valence electrons. The van der Waals surface area contributed by atoms with Gasteiger partial charge in [-0.05, 0) is 36.1 Å². The van der Waals surface area contributed by atoms with E-state index in [2.05, 4.69) is 12.1 Å². The van der Waals surface area contributed by atoms with Crippen LogP contribution >= 0.6 is 0 Å². The van der Waals surface area contributed by atoms with Crippen molar-refractivity contribution in [2.24, 2.45) is 0 Å². The second-order valence-corrected chi connectivity index (χ2v) is 5.20. The molecule has 0 amide bonds. The molecule has 0 radical (unpaired) electrons. The van der Waals surface area contributed by atoms with E-state index in [1.807, 2.05) is 42.5 Å². The molecule has 2 aromatic rings. The van der Waals surface area contributed by atoms with Crippen molar-refractivity contribution in [3.05, 3.63) is 65.7 Å². The van der Waals surface area contributed by atoms with Gasteiger partial charge in [0.25, 0.3) is 0 Å². The molecule has 0 bridgehead atoms. The average Bonchev–Trinajstić information content (AvgIpc) is 3.29. The van der Waals surface area contributed by atoms with E-state index >= 15 is 0 Å². The molecule has 2 heteroatoms. The molecule has 1 aliphatic rings. The van der Waals surface area contributed by atoms with Crippen LogP contribution in [-0.4, -0.2) is 12.2 Å². The molecule has 1 N–H and O–H groups in total. The Bertz CT molecular complexity index is 541. The molecule has 2 nitrogen and oxygen atoms in total. The van der Waals surface area contributed by atoms with Gasteiger partial charge in [0.2, 0.25) is 0 Å². The van der Waals surface area contributed by atoms with Crippen LogP contribution in [-0.2, 0) is 5.41 Å². The highest BCUT2D eigenvalue weighted by Crippen LogP contribution is 2.56. The molecule has 0 aliphatic heterocycles. The van der Waals surface area contributed by atoms with Gasteiger partial charge >= 0.3 is 0 Å². The lowest BCUT2D eigenvalue weighted by Gasteiger charge is -2.23. The van der Waals surface area contributed by atoms with Crippen LogP contribution in [0.3, 0.4) is 0 Å². The van der Waals surface area contributed by atoms with Gasteiger partial charge in [-0.1, -0.05) is 42.5 Å². The lowest BCUT2D eigenvalue weighted by molar-refractivity contribution is 0.133. The summed E-state index contributed by atoms with van der Waals surface area (Å²) in [4.78, 5) is 0. The smallest absolute Gasteiger partial charge is 0.118 e. The molecule has 19 heavy (non-hydrogen) atoms. The summed E-state index contributed by atoms with van der Waals surface area (Å²) in [6, 6.07) is 18.0. The zero-order valence-corrected chi connectivity index (χ0v) is 11.0. The van der Waals surface area contributed by atoms with Gasteiger partial charge in [-0.25, -0.2) is 0 Å². The first kappa shape index (κ1) is 12.2. The third-order valence-corrected chi connectivity index (χ3v) is 4.09. The minimum absolute atomic E-state index is 0.0875. The molecule has 2 aromatic carbocycles. The van der Waals surface area contributed by atoms with E-state index in [0.717, 1.165) is 24.2 Å². The quantitative estimate of drug-likeness (QED) is 0.905. The fourth-order valence-electron chi connectivity index (χ4n) is 2.73. The molecule has 1 unspecified atom stereocenters. The summed E-state index contributed by atoms with van der Waals surface area (Å²) in [5, 5.41) is 10.7. The van der Waals surface area contributed by atoms with Gasteiger partial charge in [-0.15, -0.1) is 0 Å². The Labute approximate surface area is 113 Å². The summed E-state index contributed by atoms with van der Waals surface area (Å²) in [7, 11) is 1.65. The van der Waals surface area contributed by atoms with Crippen molar-refractivity contribution in [2.75, 3.05) is 7.11 Å². The van der Waals surface area contributed by atoms with Crippen LogP contribution in [0.2, 0.25) is 0 Å². The lowest BCUT2D eigenvalue weighted by Crippen LogP contribution is -2.18. The maximum Gasteiger partial charge on any atom is 0.118 e. The fourth-order valence-corrected chi connectivity index (χ4v) is 2.73. The van der Waals surface area contributed by atoms with E-state index in [0.29, 0.717) is 0 Å². The largest absolute Gasteiger partial charge is 0.497 e. The Balaban J connectivity index is 1.89. The molecular weight excluding hydrogens is 236 g/mol. The number of hydrogen-bond acceptors (Lipinski definition) is 2. The highest BCUT2D eigenvalue weighted by atomic mass is 16.5. The summed E-state index contributed by atoms with van der Waals surface area (Å²) in [5.74, 6) is 0.820. The van der Waals surface area contributed by atoms with E-state index < -0.39 is 6.10 Å². The normalized spacial score (nSPS) is 17.8. The topological polar surface area (TPSA) is 29.5 Å². The monoisotopic (exact) mass is 254 g/mol. The fraction of sp³-hybridized carbons (Fsp3) is 0.294. The van der Waals surface area contributed by atoms with Crippen LogP contribution in [0.5, 0.6) is 5.75 Å². The molecular formula is C17H18O2. The summed E-state index contributed by atoms with van der Waals surface area (Å²) in [5.41, 5.74) is 2.11. The zero-order chi connectivity index (χ0) is 13.3. The third kappa shape index (κ3) is 2.13. The standard InChI is InChI=1S/C17H18O2/c1-19-15-9-7-13(8-10-15)16(18)17(11-12-17)14-5-3-2-4-6-14/h2-10,16,18H,11-12H2,1H3. The van der Waals surface area contributed by atoms with Crippen LogP contribution in [0.15, 0.2) is 54.6 Å². The van der Waals surface area contributed by atoms with Gasteiger partial charge in [0.15, 0.2) is 0 Å². The van der Waals surface area contributed by atoms with Gasteiger partial charge in [0, 0.05) is 5.41 Å². The third-order valence-electron chi connectivity index (χ3n) is 4.09. The number of rotatable bonds is 4. The Morgan fingerprint density at radius 3 is 2.16 bits per heavy atom. The van der Waals surface area contributed by atoms with Gasteiger partial charge < -0.3 is 9.84 Å². The number of hydrogen-bond donors (Lipinski definition) is 1. The van der Waals surface area contributed by atoms with Crippen LogP contribution in [0.25, 0.3) is 0 Å². The molecule has 3 rings (SSSR count). The molecule has 1 atom stereocenters. The van der Waals surface area contributed by atoms with Crippen molar-refractivity contribution in [1.82, 2.24) is 0 Å². The zero-order valence-electron chi connectivity index (χ0n) is 11.0. The van der Waals surface area contributed by atoms with E-state index in [1.54, 1.807) is 7.11 Å². The van der Waals surface area contributed by atoms with E-state index in [-0.39, 0.29) is 5.41 Å². The first-order valence-electron chi connectivity index (χ1n) is 6.64. The number of methoxy groups -OCH3 is 1. The van der Waals surface area contributed by atoms with Crippen molar-refractivity contribution >= 4 is 0 Å². The summed E-state index contributed by atoms with van der Waals surface area (Å²) >= 11 is 0. The lowest BCUT2D eigenvalue weighted by atomic mass is 9.86. The number of benzene rings is 2. The van der Waals surface area contributed by atoms with Crippen LogP contribution < -0.4 is 4.74 Å². The van der Waals surface area contributed by atoms with Crippen LogP contribution in [0, 0.1) is 0 Å². The van der Waals surface area contributed by atoms with Crippen molar-refractivity contribution < 1.29 is 9.84 Å². The second kappa shape index (κ2) is 4.71.